The summed E-state index contributed by atoms with van der Waals surface area (Å²) in [5.41, 5.74) is 2.26. The van der Waals surface area contributed by atoms with Crippen molar-refractivity contribution in [2.45, 2.75) is 59.7 Å². The molecule has 0 saturated carbocycles. The van der Waals surface area contributed by atoms with E-state index >= 15 is 0 Å². The minimum atomic E-state index is -0.833. The van der Waals surface area contributed by atoms with Crippen LogP contribution in [-0.2, 0) is 9.53 Å². The van der Waals surface area contributed by atoms with Gasteiger partial charge in [0.15, 0.2) is 6.10 Å². The Morgan fingerprint density at radius 3 is 2.04 bits per heavy atom. The van der Waals surface area contributed by atoms with Crippen LogP contribution in [0.25, 0.3) is 5.69 Å². The van der Waals surface area contributed by atoms with Crippen LogP contribution < -0.4 is 0 Å². The van der Waals surface area contributed by atoms with Gasteiger partial charge < -0.3 is 9.64 Å². The van der Waals surface area contributed by atoms with Crippen LogP contribution in [0.2, 0.25) is 0 Å². The van der Waals surface area contributed by atoms with E-state index in [1.54, 1.807) is 47.0 Å². The highest BCUT2D eigenvalue weighted by Gasteiger charge is 2.27. The number of hydrogen-bond acceptors (Lipinski definition) is 4. The van der Waals surface area contributed by atoms with Crippen LogP contribution in [0.1, 0.15) is 50.7 Å². The van der Waals surface area contributed by atoms with Crippen molar-refractivity contribution in [2.24, 2.45) is 0 Å². The Bertz CT molecular complexity index is 755. The lowest BCUT2D eigenvalue weighted by Gasteiger charge is -2.32. The summed E-state index contributed by atoms with van der Waals surface area (Å²) in [4.78, 5) is 26.7. The summed E-state index contributed by atoms with van der Waals surface area (Å²) in [6.07, 6.45) is 0.889. The van der Waals surface area contributed by atoms with Crippen LogP contribution in [0.5, 0.6) is 0 Å². The van der Waals surface area contributed by atoms with Gasteiger partial charge in [-0.15, -0.1) is 0 Å². The first-order chi connectivity index (χ1) is 12.2. The summed E-state index contributed by atoms with van der Waals surface area (Å²) >= 11 is 0. The van der Waals surface area contributed by atoms with E-state index in [0.29, 0.717) is 5.56 Å². The maximum atomic E-state index is 12.6. The molecule has 0 unspecified atom stereocenters. The predicted molar refractivity (Wildman–Crippen MR) is 100 cm³/mol. The van der Waals surface area contributed by atoms with E-state index in [2.05, 4.69) is 5.10 Å². The van der Waals surface area contributed by atoms with Gasteiger partial charge in [-0.05, 0) is 71.9 Å². The average Bonchev–Trinajstić information content (AvgIpc) is 3.00. The molecule has 1 heterocycles. The number of amides is 1. The molecule has 0 fully saturated rings. The van der Waals surface area contributed by atoms with Gasteiger partial charge in [-0.3, -0.25) is 4.79 Å². The number of esters is 1. The fourth-order valence-corrected chi connectivity index (χ4v) is 2.97. The number of benzene rings is 1. The number of hydrogen-bond donors (Lipinski definition) is 0. The van der Waals surface area contributed by atoms with Crippen LogP contribution in [-0.4, -0.2) is 44.7 Å². The van der Waals surface area contributed by atoms with Gasteiger partial charge >= 0.3 is 5.97 Å². The molecule has 26 heavy (non-hydrogen) atoms. The first kappa shape index (κ1) is 19.7. The summed E-state index contributed by atoms with van der Waals surface area (Å²) in [5.74, 6) is -0.700. The van der Waals surface area contributed by atoms with E-state index < -0.39 is 12.1 Å². The Balaban J connectivity index is 2.07. The number of aryl methyl sites for hydroxylation is 1. The highest BCUT2D eigenvalue weighted by atomic mass is 16.5. The maximum absolute atomic E-state index is 12.6. The SMILES string of the molecule is Cc1ccnn1-c1ccc(C(=O)O[C@@H](C)C(=O)N(C(C)C)C(C)C)cc1. The summed E-state index contributed by atoms with van der Waals surface area (Å²) in [7, 11) is 0. The number of rotatable bonds is 6. The van der Waals surface area contributed by atoms with Crippen molar-refractivity contribution < 1.29 is 14.3 Å². The summed E-state index contributed by atoms with van der Waals surface area (Å²) < 4.78 is 7.16. The van der Waals surface area contributed by atoms with Gasteiger partial charge in [0.05, 0.1) is 11.3 Å². The molecule has 1 aromatic heterocycles. The zero-order chi connectivity index (χ0) is 19.4. The van der Waals surface area contributed by atoms with E-state index in [9.17, 15) is 9.59 Å². The van der Waals surface area contributed by atoms with E-state index in [0.717, 1.165) is 11.4 Å². The highest BCUT2D eigenvalue weighted by Crippen LogP contribution is 2.14. The van der Waals surface area contributed by atoms with Gasteiger partial charge in [0, 0.05) is 24.0 Å². The van der Waals surface area contributed by atoms with Gasteiger partial charge in [-0.2, -0.15) is 5.10 Å². The van der Waals surface area contributed by atoms with Gasteiger partial charge in [-0.25, -0.2) is 9.48 Å². The second-order valence-corrected chi connectivity index (χ2v) is 6.91. The van der Waals surface area contributed by atoms with Crippen molar-refractivity contribution in [3.63, 3.8) is 0 Å². The van der Waals surface area contributed by atoms with Crippen LogP contribution >= 0.6 is 0 Å². The largest absolute Gasteiger partial charge is 0.449 e. The third-order valence-electron chi connectivity index (χ3n) is 4.18. The van der Waals surface area contributed by atoms with Crippen molar-refractivity contribution in [1.29, 1.82) is 0 Å². The molecule has 0 aliphatic rings. The second-order valence-electron chi connectivity index (χ2n) is 6.91. The Morgan fingerprint density at radius 1 is 1.00 bits per heavy atom. The molecule has 6 heteroatoms. The monoisotopic (exact) mass is 357 g/mol. The third-order valence-corrected chi connectivity index (χ3v) is 4.18. The van der Waals surface area contributed by atoms with Crippen molar-refractivity contribution >= 4 is 11.9 Å². The second kappa shape index (κ2) is 8.17. The number of carbonyl (C=O) groups excluding carboxylic acids is 2. The molecule has 0 aliphatic carbocycles. The molecule has 0 aliphatic heterocycles. The van der Waals surface area contributed by atoms with Crippen molar-refractivity contribution in [3.05, 3.63) is 47.8 Å². The molecule has 0 spiro atoms. The number of aromatic nitrogens is 2. The molecule has 2 aromatic rings. The molecule has 140 valence electrons. The molecule has 6 nitrogen and oxygen atoms in total. The van der Waals surface area contributed by atoms with Crippen LogP contribution in [0.4, 0.5) is 0 Å². The van der Waals surface area contributed by atoms with Gasteiger partial charge in [0.1, 0.15) is 0 Å². The standard InChI is InChI=1S/C20H27N3O3/c1-13(2)22(14(3)4)19(24)16(6)26-20(25)17-7-9-18(10-8-17)23-15(5)11-12-21-23/h7-14,16H,1-6H3/t16-/m0/s1. The fourth-order valence-electron chi connectivity index (χ4n) is 2.97. The molecular weight excluding hydrogens is 330 g/mol. The van der Waals surface area contributed by atoms with Crippen LogP contribution in [0.15, 0.2) is 36.5 Å². The third kappa shape index (κ3) is 4.31. The molecule has 1 aromatic carbocycles. The Kier molecular flexibility index (Phi) is 6.18. The molecule has 0 bridgehead atoms. The van der Waals surface area contributed by atoms with Crippen molar-refractivity contribution in [1.82, 2.24) is 14.7 Å². The van der Waals surface area contributed by atoms with Crippen LogP contribution in [0.3, 0.4) is 0 Å². The lowest BCUT2D eigenvalue weighted by atomic mass is 10.2. The normalized spacial score (nSPS) is 12.3. The highest BCUT2D eigenvalue weighted by molar-refractivity contribution is 5.92. The summed E-state index contributed by atoms with van der Waals surface area (Å²) in [5, 5.41) is 4.23. The molecule has 0 N–H and O–H groups in total. The molecule has 0 radical (unpaired) electrons. The maximum Gasteiger partial charge on any atom is 0.338 e. The number of carbonyl (C=O) groups is 2. The predicted octanol–water partition coefficient (Wildman–Crippen LogP) is 3.37. The first-order valence-corrected chi connectivity index (χ1v) is 8.86. The number of ether oxygens (including phenoxy) is 1. The van der Waals surface area contributed by atoms with Crippen molar-refractivity contribution in [2.75, 3.05) is 0 Å². The van der Waals surface area contributed by atoms with Gasteiger partial charge in [0.2, 0.25) is 0 Å². The number of nitrogens with zero attached hydrogens (tertiary/aromatic N) is 3. The minimum Gasteiger partial charge on any atom is -0.449 e. The average molecular weight is 357 g/mol. The smallest absolute Gasteiger partial charge is 0.338 e. The summed E-state index contributed by atoms with van der Waals surface area (Å²) in [6, 6.07) is 8.96. The van der Waals surface area contributed by atoms with Crippen LogP contribution in [0, 0.1) is 6.92 Å². The zero-order valence-electron chi connectivity index (χ0n) is 16.3. The lowest BCUT2D eigenvalue weighted by molar-refractivity contribution is -0.143. The Hall–Kier alpha value is -2.63. The Morgan fingerprint density at radius 2 is 1.58 bits per heavy atom. The first-order valence-electron chi connectivity index (χ1n) is 8.86. The summed E-state index contributed by atoms with van der Waals surface area (Å²) in [6.45, 7) is 11.4. The molecule has 1 atom stereocenters. The molecular formula is C20H27N3O3. The molecule has 2 rings (SSSR count). The fraction of sp³-hybridized carbons (Fsp3) is 0.450. The van der Waals surface area contributed by atoms with Gasteiger partial charge in [-0.1, -0.05) is 0 Å². The van der Waals surface area contributed by atoms with E-state index in [1.807, 2.05) is 40.7 Å². The molecule has 1 amide bonds. The van der Waals surface area contributed by atoms with E-state index in [1.165, 1.54) is 0 Å². The zero-order valence-corrected chi connectivity index (χ0v) is 16.3. The van der Waals surface area contributed by atoms with Crippen molar-refractivity contribution in [3.8, 4) is 5.69 Å². The Labute approximate surface area is 154 Å². The quantitative estimate of drug-likeness (QED) is 0.744. The lowest BCUT2D eigenvalue weighted by Crippen LogP contribution is -2.47. The van der Waals surface area contributed by atoms with E-state index in [4.69, 9.17) is 4.74 Å². The van der Waals surface area contributed by atoms with Gasteiger partial charge in [0.25, 0.3) is 5.91 Å². The van der Waals surface area contributed by atoms with E-state index in [-0.39, 0.29) is 18.0 Å². The minimum absolute atomic E-state index is 0.0419. The molecule has 0 saturated heterocycles. The topological polar surface area (TPSA) is 64.4 Å².